The molecule has 2 heterocycles. The molecule has 2 N–H and O–H groups in total. The first kappa shape index (κ1) is 26.5. The van der Waals surface area contributed by atoms with Gasteiger partial charge in [-0.15, -0.1) is 0 Å². The van der Waals surface area contributed by atoms with Crippen LogP contribution in [0.3, 0.4) is 0 Å². The number of carboxylic acids is 1. The third-order valence-corrected chi connectivity index (χ3v) is 6.59. The molecule has 188 valence electrons. The Morgan fingerprint density at radius 3 is 2.32 bits per heavy atom. The van der Waals surface area contributed by atoms with E-state index in [1.165, 1.54) is 4.68 Å². The van der Waals surface area contributed by atoms with Gasteiger partial charge in [-0.3, -0.25) is 4.79 Å². The van der Waals surface area contributed by atoms with Crippen LogP contribution in [-0.4, -0.2) is 37.2 Å². The standard InChI is InChI=1S/C28H23BrN4O3.BrH/c29-21-11-7-10-20(16-21)25-17-24(30-33(25)26(34)14-15-27(35)36)23-18-32(22-12-5-2-6-13-22)31-28(23)19-8-3-1-4-9-19;/h1-13,16,18,24,30H,14-15,17H2;1H. The smallest absolute Gasteiger partial charge is 0.415 e. The van der Waals surface area contributed by atoms with Crippen molar-refractivity contribution in [1.29, 1.82) is 0 Å². The van der Waals surface area contributed by atoms with Crippen molar-refractivity contribution in [1.82, 2.24) is 15.2 Å². The fourth-order valence-electron chi connectivity index (χ4n) is 4.38. The van der Waals surface area contributed by atoms with Crippen molar-refractivity contribution in [3.8, 4) is 16.9 Å². The minimum Gasteiger partial charge on any atom is -1.00 e. The maximum Gasteiger partial charge on any atom is 0.415 e. The van der Waals surface area contributed by atoms with Crippen molar-refractivity contribution in [2.45, 2.75) is 25.3 Å². The topological polar surface area (TPSA) is 87.2 Å². The van der Waals surface area contributed by atoms with Crippen LogP contribution in [0.1, 0.15) is 36.4 Å². The summed E-state index contributed by atoms with van der Waals surface area (Å²) in [5.74, 6) is -1.29. The number of benzene rings is 3. The van der Waals surface area contributed by atoms with Crippen LogP contribution < -0.4 is 22.4 Å². The zero-order valence-electron chi connectivity index (χ0n) is 19.7. The van der Waals surface area contributed by atoms with Crippen LogP contribution >= 0.6 is 15.9 Å². The second-order valence-electron chi connectivity index (χ2n) is 8.54. The molecule has 4 aromatic rings. The van der Waals surface area contributed by atoms with Crippen molar-refractivity contribution in [2.75, 3.05) is 0 Å². The van der Waals surface area contributed by atoms with Gasteiger partial charge in [0.05, 0.1) is 30.6 Å². The lowest BCUT2D eigenvalue weighted by Gasteiger charge is -2.08. The number of carboxylic acid groups (broad SMARTS) is 1. The normalized spacial score (nSPS) is 14.7. The van der Waals surface area contributed by atoms with E-state index in [4.69, 9.17) is 10.2 Å². The molecule has 1 unspecified atom stereocenters. The molecular formula is C28H24Br2N4O3. The van der Waals surface area contributed by atoms with Gasteiger partial charge in [-0.2, -0.15) is 10.5 Å². The summed E-state index contributed by atoms with van der Waals surface area (Å²) in [6, 6.07) is 27.4. The first-order valence-electron chi connectivity index (χ1n) is 11.6. The molecule has 0 saturated carbocycles. The maximum absolute atomic E-state index is 13.1. The van der Waals surface area contributed by atoms with Crippen LogP contribution in [0.2, 0.25) is 0 Å². The van der Waals surface area contributed by atoms with Gasteiger partial charge in [-0.1, -0.05) is 70.5 Å². The number of halogens is 2. The molecule has 1 aromatic heterocycles. The lowest BCUT2D eigenvalue weighted by atomic mass is 9.97. The van der Waals surface area contributed by atoms with Crippen LogP contribution in [-0.2, 0) is 9.59 Å². The number of hydrogen-bond acceptors (Lipinski definition) is 4. The minimum absolute atomic E-state index is 0. The summed E-state index contributed by atoms with van der Waals surface area (Å²) in [5.41, 5.74) is 8.73. The number of carbonyl (C=O) groups is 2. The summed E-state index contributed by atoms with van der Waals surface area (Å²) in [4.78, 5) is 24.2. The number of para-hydroxylation sites is 1. The molecular weight excluding hydrogens is 600 g/mol. The molecule has 37 heavy (non-hydrogen) atoms. The number of hydrazone groups is 1. The number of amides is 1. The van der Waals surface area contributed by atoms with Gasteiger partial charge in [-0.25, -0.2) is 9.48 Å². The van der Waals surface area contributed by atoms with Crippen LogP contribution in [0.15, 0.2) is 95.6 Å². The number of hydrogen-bond donors (Lipinski definition) is 2. The zero-order valence-corrected chi connectivity index (χ0v) is 22.9. The van der Waals surface area contributed by atoms with Crippen molar-refractivity contribution in [2.24, 2.45) is 0 Å². The first-order chi connectivity index (χ1) is 17.5. The number of carbonyl (C=O) groups excluding carboxylic acids is 1. The lowest BCUT2D eigenvalue weighted by Crippen LogP contribution is -3.00. The van der Waals surface area contributed by atoms with Crippen molar-refractivity contribution in [3.05, 3.63) is 107 Å². The molecule has 0 aliphatic carbocycles. The summed E-state index contributed by atoms with van der Waals surface area (Å²) in [5, 5.41) is 14.0. The predicted octanol–water partition coefficient (Wildman–Crippen LogP) is 2.15. The molecule has 7 nitrogen and oxygen atoms in total. The van der Waals surface area contributed by atoms with Gasteiger partial charge < -0.3 is 22.1 Å². The molecule has 0 fully saturated rings. The Kier molecular flexibility index (Phi) is 8.35. The minimum atomic E-state index is -1.00. The Hall–Kier alpha value is -3.56. The summed E-state index contributed by atoms with van der Waals surface area (Å²) in [6.45, 7) is 0. The van der Waals surface area contributed by atoms with Crippen LogP contribution in [0.4, 0.5) is 0 Å². The lowest BCUT2D eigenvalue weighted by molar-refractivity contribution is -0.506. The molecule has 1 aliphatic rings. The predicted molar refractivity (Wildman–Crippen MR) is 140 cm³/mol. The van der Waals surface area contributed by atoms with E-state index < -0.39 is 5.97 Å². The second kappa shape index (κ2) is 11.7. The van der Waals surface area contributed by atoms with E-state index in [1.807, 2.05) is 95.8 Å². The van der Waals surface area contributed by atoms with Gasteiger partial charge in [0.15, 0.2) is 0 Å². The van der Waals surface area contributed by atoms with E-state index in [2.05, 4.69) is 21.4 Å². The van der Waals surface area contributed by atoms with Crippen LogP contribution in [0.25, 0.3) is 16.9 Å². The van der Waals surface area contributed by atoms with Crippen molar-refractivity contribution < 1.29 is 36.4 Å². The zero-order chi connectivity index (χ0) is 25.1. The third-order valence-electron chi connectivity index (χ3n) is 6.10. The largest absolute Gasteiger partial charge is 1.00 e. The molecule has 5 rings (SSSR count). The quantitative estimate of drug-likeness (QED) is 0.308. The highest BCUT2D eigenvalue weighted by Gasteiger charge is 2.39. The second-order valence-corrected chi connectivity index (χ2v) is 9.46. The molecule has 1 aliphatic heterocycles. The Bertz CT molecular complexity index is 1450. The number of hydrazine groups is 1. The van der Waals surface area contributed by atoms with Gasteiger partial charge in [0.1, 0.15) is 6.04 Å². The number of rotatable bonds is 7. The van der Waals surface area contributed by atoms with Gasteiger partial charge in [0, 0.05) is 27.4 Å². The molecule has 0 spiro atoms. The Morgan fingerprint density at radius 2 is 1.65 bits per heavy atom. The maximum atomic E-state index is 13.1. The van der Waals surface area contributed by atoms with E-state index in [1.54, 1.807) is 0 Å². The number of nitrogens with zero attached hydrogens (tertiary/aromatic N) is 3. The van der Waals surface area contributed by atoms with Crippen molar-refractivity contribution >= 4 is 33.5 Å². The Labute approximate surface area is 233 Å². The average Bonchev–Trinajstić information content (AvgIpc) is 3.54. The molecule has 0 radical (unpaired) electrons. The van der Waals surface area contributed by atoms with E-state index in [-0.39, 0.29) is 41.8 Å². The Morgan fingerprint density at radius 1 is 0.973 bits per heavy atom. The SMILES string of the molecule is O=C(O)CCC(=O)[N+]1=C(c2cccc(Br)c2)CC(c2cn(-c3ccccc3)nc2-c2ccccc2)N1.[Br-]. The van der Waals surface area contributed by atoms with Crippen LogP contribution in [0.5, 0.6) is 0 Å². The molecule has 0 bridgehead atoms. The van der Waals surface area contributed by atoms with E-state index >= 15 is 0 Å². The highest BCUT2D eigenvalue weighted by atomic mass is 79.9. The molecule has 0 saturated heterocycles. The number of aromatic nitrogens is 2. The Balaban J connectivity index is 0.00000320. The summed E-state index contributed by atoms with van der Waals surface area (Å²) in [7, 11) is 0. The monoisotopic (exact) mass is 622 g/mol. The average molecular weight is 624 g/mol. The van der Waals surface area contributed by atoms with Gasteiger partial charge in [-0.05, 0) is 35.0 Å². The fourth-order valence-corrected chi connectivity index (χ4v) is 4.78. The summed E-state index contributed by atoms with van der Waals surface area (Å²) >= 11 is 3.52. The highest BCUT2D eigenvalue weighted by molar-refractivity contribution is 9.10. The highest BCUT2D eigenvalue weighted by Crippen LogP contribution is 2.33. The number of nitrogens with one attached hydrogen (secondary N) is 1. The molecule has 9 heteroatoms. The van der Waals surface area contributed by atoms with Gasteiger partial charge >= 0.3 is 11.9 Å². The third kappa shape index (κ3) is 5.89. The van der Waals surface area contributed by atoms with Crippen LogP contribution in [0, 0.1) is 0 Å². The molecule has 1 atom stereocenters. The van der Waals surface area contributed by atoms with E-state index in [0.29, 0.717) is 6.42 Å². The van der Waals surface area contributed by atoms with Crippen molar-refractivity contribution in [3.63, 3.8) is 0 Å². The number of aliphatic carboxylic acids is 1. The summed E-state index contributed by atoms with van der Waals surface area (Å²) < 4.78 is 4.27. The summed E-state index contributed by atoms with van der Waals surface area (Å²) in [6.07, 6.45) is 2.21. The molecule has 3 aromatic carbocycles. The molecule has 1 amide bonds. The first-order valence-corrected chi connectivity index (χ1v) is 12.4. The van der Waals surface area contributed by atoms with Gasteiger partial charge in [0.2, 0.25) is 5.71 Å². The fraction of sp³-hybridized carbons (Fsp3) is 0.143. The van der Waals surface area contributed by atoms with Gasteiger partial charge in [0.25, 0.3) is 0 Å². The van der Waals surface area contributed by atoms with E-state index in [9.17, 15) is 9.59 Å². The van der Waals surface area contributed by atoms with E-state index in [0.717, 1.165) is 38.3 Å².